The Morgan fingerprint density at radius 3 is 2.65 bits per heavy atom. The van der Waals surface area contributed by atoms with Crippen molar-refractivity contribution in [2.75, 3.05) is 13.7 Å². The number of rotatable bonds is 8. The molecule has 1 unspecified atom stereocenters. The van der Waals surface area contributed by atoms with Crippen molar-refractivity contribution < 1.29 is 14.8 Å². The molecular formula is C14H22N2O4. The number of benzene rings is 1. The first-order chi connectivity index (χ1) is 9.49. The van der Waals surface area contributed by atoms with Gasteiger partial charge in [0.05, 0.1) is 12.0 Å². The van der Waals surface area contributed by atoms with Crippen LogP contribution in [0.15, 0.2) is 18.2 Å². The van der Waals surface area contributed by atoms with Crippen LogP contribution in [-0.2, 0) is 6.54 Å². The second kappa shape index (κ2) is 7.81. The molecule has 0 aliphatic rings. The van der Waals surface area contributed by atoms with E-state index in [4.69, 9.17) is 9.84 Å². The van der Waals surface area contributed by atoms with Crippen LogP contribution in [-0.4, -0.2) is 29.8 Å². The third kappa shape index (κ3) is 4.47. The van der Waals surface area contributed by atoms with Crippen molar-refractivity contribution in [1.29, 1.82) is 0 Å². The minimum Gasteiger partial charge on any atom is -0.490 e. The minimum absolute atomic E-state index is 0.0324. The van der Waals surface area contributed by atoms with Crippen LogP contribution in [0.3, 0.4) is 0 Å². The average molecular weight is 282 g/mol. The van der Waals surface area contributed by atoms with Crippen molar-refractivity contribution >= 4 is 5.69 Å². The van der Waals surface area contributed by atoms with Crippen LogP contribution in [0.2, 0.25) is 0 Å². The first kappa shape index (κ1) is 16.4. The van der Waals surface area contributed by atoms with Crippen molar-refractivity contribution in [3.05, 3.63) is 33.9 Å². The molecule has 0 spiro atoms. The lowest BCUT2D eigenvalue weighted by atomic mass is 10.0. The number of hydrogen-bond donors (Lipinski definition) is 2. The highest BCUT2D eigenvalue weighted by Gasteiger charge is 2.16. The first-order valence-corrected chi connectivity index (χ1v) is 6.65. The van der Waals surface area contributed by atoms with Gasteiger partial charge in [0.25, 0.3) is 0 Å². The van der Waals surface area contributed by atoms with E-state index in [2.05, 4.69) is 19.2 Å². The summed E-state index contributed by atoms with van der Waals surface area (Å²) in [6.45, 7) is 4.79. The van der Waals surface area contributed by atoms with Gasteiger partial charge in [0.15, 0.2) is 5.75 Å². The van der Waals surface area contributed by atoms with E-state index in [1.54, 1.807) is 12.1 Å². The predicted octanol–water partition coefficient (Wildman–Crippen LogP) is 2.10. The third-order valence-electron chi connectivity index (χ3n) is 3.25. The van der Waals surface area contributed by atoms with Gasteiger partial charge in [0.1, 0.15) is 0 Å². The molecule has 1 aromatic carbocycles. The molecular weight excluding hydrogens is 260 g/mol. The van der Waals surface area contributed by atoms with Gasteiger partial charge < -0.3 is 15.2 Å². The molecule has 20 heavy (non-hydrogen) atoms. The van der Waals surface area contributed by atoms with Crippen molar-refractivity contribution in [3.63, 3.8) is 0 Å². The Kier molecular flexibility index (Phi) is 6.41. The fraction of sp³-hybridized carbons (Fsp3) is 0.571. The summed E-state index contributed by atoms with van der Waals surface area (Å²) in [5.41, 5.74) is 0.788. The Morgan fingerprint density at radius 2 is 2.15 bits per heavy atom. The Labute approximate surface area is 118 Å². The molecule has 1 aromatic rings. The van der Waals surface area contributed by atoms with E-state index in [0.29, 0.717) is 18.9 Å². The van der Waals surface area contributed by atoms with Crippen LogP contribution in [0.25, 0.3) is 0 Å². The molecule has 0 amide bonds. The summed E-state index contributed by atoms with van der Waals surface area (Å²) in [6, 6.07) is 5.10. The normalized spacial score (nSPS) is 12.4. The summed E-state index contributed by atoms with van der Waals surface area (Å²) < 4.78 is 4.97. The molecule has 1 rings (SSSR count). The summed E-state index contributed by atoms with van der Waals surface area (Å²) in [7, 11) is 1.41. The molecule has 0 aromatic heterocycles. The monoisotopic (exact) mass is 282 g/mol. The zero-order valence-electron chi connectivity index (χ0n) is 12.1. The molecule has 0 heterocycles. The summed E-state index contributed by atoms with van der Waals surface area (Å²) >= 11 is 0. The Morgan fingerprint density at radius 1 is 1.45 bits per heavy atom. The molecule has 6 nitrogen and oxygen atoms in total. The van der Waals surface area contributed by atoms with E-state index in [1.807, 2.05) is 0 Å². The van der Waals surface area contributed by atoms with E-state index in [-0.39, 0.29) is 24.1 Å². The molecule has 6 heteroatoms. The van der Waals surface area contributed by atoms with Crippen molar-refractivity contribution in [2.24, 2.45) is 5.92 Å². The summed E-state index contributed by atoms with van der Waals surface area (Å²) in [4.78, 5) is 10.5. The first-order valence-electron chi connectivity index (χ1n) is 6.65. The van der Waals surface area contributed by atoms with Gasteiger partial charge in [-0.2, -0.15) is 0 Å². The minimum atomic E-state index is -0.448. The Hall–Kier alpha value is -1.66. The molecule has 2 N–H and O–H groups in total. The number of aliphatic hydroxyl groups excluding tert-OH is 1. The molecule has 0 aliphatic heterocycles. The molecule has 0 bridgehead atoms. The van der Waals surface area contributed by atoms with Gasteiger partial charge in [-0.15, -0.1) is 0 Å². The SMILES string of the molecule is COc1ccc(CNC(CCO)C(C)C)cc1[N+](=O)[O-]. The molecule has 112 valence electrons. The van der Waals surface area contributed by atoms with E-state index in [0.717, 1.165) is 5.56 Å². The zero-order valence-corrected chi connectivity index (χ0v) is 12.1. The Balaban J connectivity index is 2.77. The van der Waals surface area contributed by atoms with Crippen LogP contribution < -0.4 is 10.1 Å². The van der Waals surface area contributed by atoms with Gasteiger partial charge in [0.2, 0.25) is 0 Å². The topological polar surface area (TPSA) is 84.6 Å². The molecule has 0 saturated heterocycles. The number of ether oxygens (including phenoxy) is 1. The zero-order chi connectivity index (χ0) is 15.1. The number of hydrogen-bond acceptors (Lipinski definition) is 5. The van der Waals surface area contributed by atoms with Gasteiger partial charge in [-0.25, -0.2) is 0 Å². The lowest BCUT2D eigenvalue weighted by Crippen LogP contribution is -2.34. The molecule has 0 radical (unpaired) electrons. The van der Waals surface area contributed by atoms with Crippen molar-refractivity contribution in [3.8, 4) is 5.75 Å². The van der Waals surface area contributed by atoms with E-state index >= 15 is 0 Å². The fourth-order valence-electron chi connectivity index (χ4n) is 2.05. The maximum Gasteiger partial charge on any atom is 0.311 e. The molecule has 0 fully saturated rings. The van der Waals surface area contributed by atoms with Gasteiger partial charge in [-0.1, -0.05) is 19.9 Å². The predicted molar refractivity (Wildman–Crippen MR) is 76.8 cm³/mol. The molecule has 1 atom stereocenters. The largest absolute Gasteiger partial charge is 0.490 e. The van der Waals surface area contributed by atoms with Gasteiger partial charge in [0, 0.05) is 25.3 Å². The maximum absolute atomic E-state index is 11.0. The van der Waals surface area contributed by atoms with E-state index < -0.39 is 4.92 Å². The van der Waals surface area contributed by atoms with E-state index in [9.17, 15) is 10.1 Å². The summed E-state index contributed by atoms with van der Waals surface area (Å²) in [6.07, 6.45) is 0.663. The highest BCUT2D eigenvalue weighted by molar-refractivity contribution is 5.48. The van der Waals surface area contributed by atoms with Crippen LogP contribution in [0.5, 0.6) is 5.75 Å². The highest BCUT2D eigenvalue weighted by atomic mass is 16.6. The summed E-state index contributed by atoms with van der Waals surface area (Å²) in [5, 5.41) is 23.3. The van der Waals surface area contributed by atoms with Gasteiger partial charge >= 0.3 is 5.69 Å². The van der Waals surface area contributed by atoms with Gasteiger partial charge in [-0.05, 0) is 24.0 Å². The van der Waals surface area contributed by atoms with Crippen LogP contribution in [0, 0.1) is 16.0 Å². The second-order valence-corrected chi connectivity index (χ2v) is 5.01. The fourth-order valence-corrected chi connectivity index (χ4v) is 2.05. The van der Waals surface area contributed by atoms with Crippen LogP contribution >= 0.6 is 0 Å². The van der Waals surface area contributed by atoms with Gasteiger partial charge in [-0.3, -0.25) is 10.1 Å². The number of nitro benzene ring substituents is 1. The van der Waals surface area contributed by atoms with Crippen LogP contribution in [0.1, 0.15) is 25.8 Å². The van der Waals surface area contributed by atoms with Crippen molar-refractivity contribution in [2.45, 2.75) is 32.9 Å². The van der Waals surface area contributed by atoms with Crippen LogP contribution in [0.4, 0.5) is 5.69 Å². The highest BCUT2D eigenvalue weighted by Crippen LogP contribution is 2.27. The lowest BCUT2D eigenvalue weighted by Gasteiger charge is -2.21. The second-order valence-electron chi connectivity index (χ2n) is 5.01. The quantitative estimate of drug-likeness (QED) is 0.563. The summed E-state index contributed by atoms with van der Waals surface area (Å²) in [5.74, 6) is 0.643. The third-order valence-corrected chi connectivity index (χ3v) is 3.25. The van der Waals surface area contributed by atoms with E-state index in [1.165, 1.54) is 13.2 Å². The molecule has 0 aliphatic carbocycles. The maximum atomic E-state index is 11.0. The van der Waals surface area contributed by atoms with Crippen molar-refractivity contribution in [1.82, 2.24) is 5.32 Å². The lowest BCUT2D eigenvalue weighted by molar-refractivity contribution is -0.385. The Bertz CT molecular complexity index is 449. The number of aliphatic hydroxyl groups is 1. The smallest absolute Gasteiger partial charge is 0.311 e. The number of nitrogens with one attached hydrogen (secondary N) is 1. The number of nitro groups is 1. The number of methoxy groups -OCH3 is 1. The standard InChI is InChI=1S/C14H22N2O4/c1-10(2)12(6-7-17)15-9-11-4-5-14(20-3)13(8-11)16(18)19/h4-5,8,10,12,15,17H,6-7,9H2,1-3H3. The number of nitrogens with zero attached hydrogens (tertiary/aromatic N) is 1. The average Bonchev–Trinajstić information content (AvgIpc) is 2.42. The molecule has 0 saturated carbocycles.